The lowest BCUT2D eigenvalue weighted by atomic mass is 9.94. The van der Waals surface area contributed by atoms with Gasteiger partial charge in [-0.25, -0.2) is 8.42 Å². The summed E-state index contributed by atoms with van der Waals surface area (Å²) in [6, 6.07) is 3.26. The molecule has 0 unspecified atom stereocenters. The summed E-state index contributed by atoms with van der Waals surface area (Å²) < 4.78 is 32.4. The Morgan fingerprint density at radius 2 is 2.10 bits per heavy atom. The van der Waals surface area contributed by atoms with Gasteiger partial charge in [0.15, 0.2) is 0 Å². The van der Waals surface area contributed by atoms with E-state index in [1.165, 1.54) is 17.5 Å². The predicted octanol–water partition coefficient (Wildman–Crippen LogP) is 2.24. The zero-order valence-corrected chi connectivity index (χ0v) is 14.1. The van der Waals surface area contributed by atoms with E-state index in [0.717, 1.165) is 24.8 Å². The molecule has 7 heteroatoms. The molecule has 0 aliphatic heterocycles. The maximum atomic E-state index is 12.8. The van der Waals surface area contributed by atoms with Crippen molar-refractivity contribution >= 4 is 21.6 Å². The fraction of sp³-hybridized carbons (Fsp3) is 0.571. The van der Waals surface area contributed by atoms with Gasteiger partial charge < -0.3 is 10.1 Å². The van der Waals surface area contributed by atoms with E-state index in [2.05, 4.69) is 5.32 Å². The average molecular weight is 333 g/mol. The molecule has 1 saturated carbocycles. The SMILES string of the molecule is CNCc1cc(Cl)cc(S(=O)(=O)N(C)C2CCC2)c1OC. The van der Waals surface area contributed by atoms with Crippen molar-refractivity contribution in [1.29, 1.82) is 0 Å². The fourth-order valence-corrected chi connectivity index (χ4v) is 4.41. The second kappa shape index (κ2) is 6.52. The Hall–Kier alpha value is -0.820. The summed E-state index contributed by atoms with van der Waals surface area (Å²) in [5.74, 6) is 0.361. The minimum Gasteiger partial charge on any atom is -0.495 e. The third kappa shape index (κ3) is 3.18. The number of methoxy groups -OCH3 is 1. The highest BCUT2D eigenvalue weighted by Crippen LogP contribution is 2.36. The summed E-state index contributed by atoms with van der Waals surface area (Å²) in [6.45, 7) is 0.486. The molecule has 0 radical (unpaired) electrons. The van der Waals surface area contributed by atoms with Crippen LogP contribution in [0.4, 0.5) is 0 Å². The predicted molar refractivity (Wildman–Crippen MR) is 83.4 cm³/mol. The lowest BCUT2D eigenvalue weighted by Gasteiger charge is -2.34. The molecule has 0 heterocycles. The second-order valence-electron chi connectivity index (χ2n) is 5.23. The molecule has 0 aromatic heterocycles. The molecule has 1 aliphatic rings. The molecular weight excluding hydrogens is 312 g/mol. The quantitative estimate of drug-likeness (QED) is 0.868. The molecule has 0 spiro atoms. The lowest BCUT2D eigenvalue weighted by molar-refractivity contribution is 0.249. The van der Waals surface area contributed by atoms with Crippen LogP contribution in [0, 0.1) is 0 Å². The number of halogens is 1. The van der Waals surface area contributed by atoms with Gasteiger partial charge in [-0.3, -0.25) is 0 Å². The number of benzene rings is 1. The van der Waals surface area contributed by atoms with E-state index in [1.807, 2.05) is 0 Å². The van der Waals surface area contributed by atoms with Gasteiger partial charge in [-0.1, -0.05) is 18.0 Å². The number of ether oxygens (including phenoxy) is 1. The summed E-state index contributed by atoms with van der Waals surface area (Å²) in [4.78, 5) is 0.136. The van der Waals surface area contributed by atoms with Crippen molar-refractivity contribution in [2.45, 2.75) is 36.7 Å². The van der Waals surface area contributed by atoms with Gasteiger partial charge in [-0.05, 0) is 32.0 Å². The average Bonchev–Trinajstić information content (AvgIpc) is 2.36. The van der Waals surface area contributed by atoms with Crippen LogP contribution in [0.1, 0.15) is 24.8 Å². The van der Waals surface area contributed by atoms with Gasteiger partial charge in [0.2, 0.25) is 10.0 Å². The summed E-state index contributed by atoms with van der Waals surface area (Å²) in [7, 11) is 1.28. The van der Waals surface area contributed by atoms with E-state index in [4.69, 9.17) is 16.3 Å². The van der Waals surface area contributed by atoms with Gasteiger partial charge in [-0.2, -0.15) is 4.31 Å². The van der Waals surface area contributed by atoms with Crippen LogP contribution >= 0.6 is 11.6 Å². The number of hydrogen-bond donors (Lipinski definition) is 1. The molecule has 1 N–H and O–H groups in total. The molecule has 0 amide bonds. The molecule has 1 fully saturated rings. The number of rotatable bonds is 6. The molecule has 5 nitrogen and oxygen atoms in total. The fourth-order valence-electron chi connectivity index (χ4n) is 2.47. The van der Waals surface area contributed by atoms with Crippen molar-refractivity contribution in [3.8, 4) is 5.75 Å². The van der Waals surface area contributed by atoms with E-state index in [9.17, 15) is 8.42 Å². The van der Waals surface area contributed by atoms with Gasteiger partial charge in [0.25, 0.3) is 0 Å². The highest BCUT2D eigenvalue weighted by Gasteiger charge is 2.34. The standard InChI is InChI=1S/C14H21ClN2O3S/c1-16-9-10-7-11(15)8-13(14(10)20-3)21(18,19)17(2)12-5-4-6-12/h7-8,12,16H,4-6,9H2,1-3H3. The smallest absolute Gasteiger partial charge is 0.246 e. The van der Waals surface area contributed by atoms with Crippen LogP contribution in [0.5, 0.6) is 5.75 Å². The largest absolute Gasteiger partial charge is 0.495 e. The molecule has 0 bridgehead atoms. The van der Waals surface area contributed by atoms with Crippen molar-refractivity contribution in [3.05, 3.63) is 22.7 Å². The summed E-state index contributed by atoms with van der Waals surface area (Å²) in [5, 5.41) is 3.38. The number of nitrogens with one attached hydrogen (secondary N) is 1. The van der Waals surface area contributed by atoms with Crippen LogP contribution in [-0.2, 0) is 16.6 Å². The van der Waals surface area contributed by atoms with Crippen molar-refractivity contribution in [1.82, 2.24) is 9.62 Å². The van der Waals surface area contributed by atoms with Gasteiger partial charge in [0, 0.05) is 30.2 Å². The van der Waals surface area contributed by atoms with Crippen LogP contribution in [0.15, 0.2) is 17.0 Å². The Morgan fingerprint density at radius 3 is 2.57 bits per heavy atom. The molecule has 0 saturated heterocycles. The van der Waals surface area contributed by atoms with Crippen molar-refractivity contribution in [2.75, 3.05) is 21.2 Å². The Kier molecular flexibility index (Phi) is 5.14. The van der Waals surface area contributed by atoms with E-state index in [0.29, 0.717) is 17.3 Å². The highest BCUT2D eigenvalue weighted by molar-refractivity contribution is 7.89. The Morgan fingerprint density at radius 1 is 1.43 bits per heavy atom. The Labute approximate surface area is 131 Å². The van der Waals surface area contributed by atoms with Crippen LogP contribution in [0.3, 0.4) is 0 Å². The molecule has 1 aromatic rings. The molecule has 1 aliphatic carbocycles. The number of hydrogen-bond acceptors (Lipinski definition) is 4. The first-order valence-electron chi connectivity index (χ1n) is 6.91. The van der Waals surface area contributed by atoms with E-state index in [-0.39, 0.29) is 10.9 Å². The normalized spacial score (nSPS) is 16.0. The monoisotopic (exact) mass is 332 g/mol. The first kappa shape index (κ1) is 16.5. The second-order valence-corrected chi connectivity index (χ2v) is 7.63. The summed E-state index contributed by atoms with van der Waals surface area (Å²) >= 11 is 6.09. The first-order chi connectivity index (χ1) is 9.91. The molecule has 2 rings (SSSR count). The van der Waals surface area contributed by atoms with Gasteiger partial charge in [0.05, 0.1) is 7.11 Å². The summed E-state index contributed by atoms with van der Waals surface area (Å²) in [6.07, 6.45) is 2.88. The van der Waals surface area contributed by atoms with Gasteiger partial charge in [-0.15, -0.1) is 0 Å². The van der Waals surface area contributed by atoms with E-state index < -0.39 is 10.0 Å². The van der Waals surface area contributed by atoms with Crippen molar-refractivity contribution < 1.29 is 13.2 Å². The van der Waals surface area contributed by atoms with Crippen molar-refractivity contribution in [2.24, 2.45) is 0 Å². The minimum absolute atomic E-state index is 0.0754. The van der Waals surface area contributed by atoms with E-state index in [1.54, 1.807) is 20.2 Å². The topological polar surface area (TPSA) is 58.6 Å². The maximum absolute atomic E-state index is 12.8. The van der Waals surface area contributed by atoms with Crippen LogP contribution in [0.2, 0.25) is 5.02 Å². The lowest BCUT2D eigenvalue weighted by Crippen LogP contribution is -2.41. The van der Waals surface area contributed by atoms with Gasteiger partial charge in [0.1, 0.15) is 10.6 Å². The van der Waals surface area contributed by atoms with E-state index >= 15 is 0 Å². The zero-order valence-electron chi connectivity index (χ0n) is 12.5. The molecule has 21 heavy (non-hydrogen) atoms. The maximum Gasteiger partial charge on any atom is 0.246 e. The third-order valence-corrected chi connectivity index (χ3v) is 6.05. The minimum atomic E-state index is -3.61. The number of nitrogens with zero attached hydrogens (tertiary/aromatic N) is 1. The summed E-state index contributed by atoms with van der Waals surface area (Å²) in [5.41, 5.74) is 0.730. The molecule has 0 atom stereocenters. The highest BCUT2D eigenvalue weighted by atomic mass is 35.5. The van der Waals surface area contributed by atoms with Crippen LogP contribution < -0.4 is 10.1 Å². The Bertz CT molecular complexity index is 615. The van der Waals surface area contributed by atoms with Crippen LogP contribution in [-0.4, -0.2) is 40.0 Å². The molecule has 1 aromatic carbocycles. The first-order valence-corrected chi connectivity index (χ1v) is 8.72. The van der Waals surface area contributed by atoms with Crippen LogP contribution in [0.25, 0.3) is 0 Å². The third-order valence-electron chi connectivity index (χ3n) is 3.91. The Balaban J connectivity index is 2.50. The number of sulfonamides is 1. The van der Waals surface area contributed by atoms with Crippen molar-refractivity contribution in [3.63, 3.8) is 0 Å². The zero-order chi connectivity index (χ0) is 15.6. The van der Waals surface area contributed by atoms with Gasteiger partial charge >= 0.3 is 0 Å². The molecular formula is C14H21ClN2O3S. The molecule has 118 valence electrons.